The zero-order valence-corrected chi connectivity index (χ0v) is 19.0. The van der Waals surface area contributed by atoms with Gasteiger partial charge in [0.2, 0.25) is 21.9 Å². The monoisotopic (exact) mass is 485 g/mol. The molecule has 0 saturated carbocycles. The van der Waals surface area contributed by atoms with Crippen molar-refractivity contribution in [3.63, 3.8) is 0 Å². The maximum Gasteiger partial charge on any atom is 0.243 e. The molecule has 1 fully saturated rings. The SMILES string of the molecule is O=C1Cc2cnc(Nc3ccc(S(=O)(=O)N4CCOCC4)cc3)nc2-c2ccc(Cl)cc2N1. The third-order valence-corrected chi connectivity index (χ3v) is 7.59. The number of nitrogens with zero attached hydrogens (tertiary/aromatic N) is 3. The minimum absolute atomic E-state index is 0.149. The van der Waals surface area contributed by atoms with E-state index in [1.807, 2.05) is 6.07 Å². The van der Waals surface area contributed by atoms with Crippen LogP contribution in [-0.2, 0) is 26.0 Å². The summed E-state index contributed by atoms with van der Waals surface area (Å²) in [6.45, 7) is 1.47. The first-order valence-corrected chi connectivity index (χ1v) is 12.1. The number of anilines is 3. The summed E-state index contributed by atoms with van der Waals surface area (Å²) in [5, 5.41) is 6.46. The Bertz CT molecular complexity index is 1330. The number of sulfonamides is 1. The van der Waals surface area contributed by atoms with Gasteiger partial charge in [-0.2, -0.15) is 4.31 Å². The van der Waals surface area contributed by atoms with Gasteiger partial charge < -0.3 is 15.4 Å². The predicted molar refractivity (Wildman–Crippen MR) is 124 cm³/mol. The number of halogens is 1. The number of ether oxygens (including phenoxy) is 1. The number of amides is 1. The maximum atomic E-state index is 12.8. The average molecular weight is 486 g/mol. The fourth-order valence-electron chi connectivity index (χ4n) is 3.80. The molecule has 170 valence electrons. The van der Waals surface area contributed by atoms with E-state index in [2.05, 4.69) is 20.6 Å². The van der Waals surface area contributed by atoms with Crippen molar-refractivity contribution >= 4 is 44.9 Å². The lowest BCUT2D eigenvalue weighted by atomic mass is 10.1. The molecule has 2 aliphatic rings. The Morgan fingerprint density at radius 1 is 1.09 bits per heavy atom. The van der Waals surface area contributed by atoms with E-state index in [9.17, 15) is 13.2 Å². The second kappa shape index (κ2) is 8.71. The smallest absolute Gasteiger partial charge is 0.243 e. The van der Waals surface area contributed by atoms with Crippen LogP contribution in [0.2, 0.25) is 5.02 Å². The van der Waals surface area contributed by atoms with Crippen molar-refractivity contribution in [1.82, 2.24) is 14.3 Å². The van der Waals surface area contributed by atoms with E-state index in [0.717, 1.165) is 5.56 Å². The molecule has 0 radical (unpaired) electrons. The number of hydrogen-bond acceptors (Lipinski definition) is 7. The number of rotatable bonds is 4. The van der Waals surface area contributed by atoms with Crippen molar-refractivity contribution in [2.24, 2.45) is 0 Å². The van der Waals surface area contributed by atoms with Crippen LogP contribution in [0.4, 0.5) is 17.3 Å². The second-order valence-electron chi connectivity index (χ2n) is 7.65. The van der Waals surface area contributed by atoms with Crippen LogP contribution in [0, 0.1) is 0 Å². The van der Waals surface area contributed by atoms with Gasteiger partial charge >= 0.3 is 0 Å². The quantitative estimate of drug-likeness (QED) is 0.583. The molecule has 0 bridgehead atoms. The van der Waals surface area contributed by atoms with Gasteiger partial charge in [0.25, 0.3) is 0 Å². The molecule has 0 aliphatic carbocycles. The Morgan fingerprint density at radius 3 is 2.61 bits per heavy atom. The lowest BCUT2D eigenvalue weighted by Gasteiger charge is -2.26. The summed E-state index contributed by atoms with van der Waals surface area (Å²) in [6.07, 6.45) is 1.77. The van der Waals surface area contributed by atoms with Crippen LogP contribution in [0.25, 0.3) is 11.3 Å². The van der Waals surface area contributed by atoms with Crippen molar-refractivity contribution in [1.29, 1.82) is 0 Å². The highest BCUT2D eigenvalue weighted by Crippen LogP contribution is 2.35. The molecule has 0 spiro atoms. The molecule has 1 amide bonds. The molecule has 2 aliphatic heterocycles. The third-order valence-electron chi connectivity index (χ3n) is 5.44. The molecule has 0 atom stereocenters. The number of hydrogen-bond donors (Lipinski definition) is 2. The number of nitrogens with one attached hydrogen (secondary N) is 2. The van der Waals surface area contributed by atoms with Gasteiger partial charge in [-0.1, -0.05) is 11.6 Å². The minimum Gasteiger partial charge on any atom is -0.379 e. The number of aromatic nitrogens is 2. The van der Waals surface area contributed by atoms with Crippen LogP contribution in [0.3, 0.4) is 0 Å². The van der Waals surface area contributed by atoms with Crippen molar-refractivity contribution in [2.75, 3.05) is 36.9 Å². The molecule has 5 rings (SSSR count). The summed E-state index contributed by atoms with van der Waals surface area (Å²) in [7, 11) is -3.57. The standard InChI is InChI=1S/C22H20ClN5O4S/c23-15-1-6-18-19(12-15)26-20(29)11-14-13-24-22(27-21(14)18)25-16-2-4-17(5-3-16)33(30,31)28-7-9-32-10-8-28/h1-6,12-13H,7-11H2,(H,26,29)(H,24,25,27). The van der Waals surface area contributed by atoms with Gasteiger partial charge in [-0.05, 0) is 42.5 Å². The van der Waals surface area contributed by atoms with Gasteiger partial charge in [-0.15, -0.1) is 0 Å². The number of morpholine rings is 1. The van der Waals surface area contributed by atoms with Crippen LogP contribution in [0.1, 0.15) is 5.56 Å². The number of carbonyl (C=O) groups is 1. The van der Waals surface area contributed by atoms with Crippen LogP contribution in [0.5, 0.6) is 0 Å². The van der Waals surface area contributed by atoms with Gasteiger partial charge in [-0.3, -0.25) is 4.79 Å². The minimum atomic E-state index is -3.57. The van der Waals surface area contributed by atoms with Crippen LogP contribution in [0.15, 0.2) is 53.6 Å². The Balaban J connectivity index is 1.41. The van der Waals surface area contributed by atoms with Crippen molar-refractivity contribution in [2.45, 2.75) is 11.3 Å². The summed E-state index contributed by atoms with van der Waals surface area (Å²) >= 11 is 6.09. The molecule has 2 aromatic carbocycles. The highest BCUT2D eigenvalue weighted by Gasteiger charge is 2.26. The molecule has 33 heavy (non-hydrogen) atoms. The van der Waals surface area contributed by atoms with Gasteiger partial charge in [0, 0.05) is 41.1 Å². The van der Waals surface area contributed by atoms with Crippen molar-refractivity contribution in [3.8, 4) is 11.3 Å². The summed E-state index contributed by atoms with van der Waals surface area (Å²) < 4.78 is 32.3. The van der Waals surface area contributed by atoms with Crippen molar-refractivity contribution in [3.05, 3.63) is 59.2 Å². The fraction of sp³-hybridized carbons (Fsp3) is 0.227. The molecular weight excluding hydrogens is 466 g/mol. The number of carbonyl (C=O) groups excluding carboxylic acids is 1. The van der Waals surface area contributed by atoms with Crippen molar-refractivity contribution < 1.29 is 17.9 Å². The summed E-state index contributed by atoms with van der Waals surface area (Å²) in [6, 6.07) is 11.7. The molecule has 3 aromatic rings. The Kier molecular flexibility index (Phi) is 5.75. The van der Waals surface area contributed by atoms with E-state index in [1.165, 1.54) is 4.31 Å². The van der Waals surface area contributed by atoms with Gasteiger partial charge in [-0.25, -0.2) is 18.4 Å². The van der Waals surface area contributed by atoms with E-state index >= 15 is 0 Å². The third kappa shape index (κ3) is 4.42. The van der Waals surface area contributed by atoms with Gasteiger partial charge in [0.05, 0.1) is 35.9 Å². The number of benzene rings is 2. The molecule has 1 saturated heterocycles. The highest BCUT2D eigenvalue weighted by molar-refractivity contribution is 7.89. The lowest BCUT2D eigenvalue weighted by Crippen LogP contribution is -2.40. The molecule has 11 heteroatoms. The van der Waals surface area contributed by atoms with E-state index in [-0.39, 0.29) is 17.2 Å². The van der Waals surface area contributed by atoms with Crippen LogP contribution >= 0.6 is 11.6 Å². The topological polar surface area (TPSA) is 114 Å². The lowest BCUT2D eigenvalue weighted by molar-refractivity contribution is -0.115. The summed E-state index contributed by atoms with van der Waals surface area (Å²) in [5.74, 6) is 0.159. The average Bonchev–Trinajstić information content (AvgIpc) is 2.94. The molecule has 1 aromatic heterocycles. The Morgan fingerprint density at radius 2 is 1.85 bits per heavy atom. The predicted octanol–water partition coefficient (Wildman–Crippen LogP) is 3.06. The summed E-state index contributed by atoms with van der Waals surface area (Å²) in [4.78, 5) is 21.4. The van der Waals surface area contributed by atoms with Crippen LogP contribution < -0.4 is 10.6 Å². The summed E-state index contributed by atoms with van der Waals surface area (Å²) in [5.41, 5.74) is 3.30. The van der Waals surface area contributed by atoms with E-state index in [4.69, 9.17) is 16.3 Å². The van der Waals surface area contributed by atoms with E-state index in [0.29, 0.717) is 59.9 Å². The maximum absolute atomic E-state index is 12.8. The van der Waals surface area contributed by atoms with Crippen LogP contribution in [-0.4, -0.2) is 54.9 Å². The molecule has 0 unspecified atom stereocenters. The fourth-order valence-corrected chi connectivity index (χ4v) is 5.38. The highest BCUT2D eigenvalue weighted by atomic mass is 35.5. The first-order chi connectivity index (χ1) is 15.9. The zero-order chi connectivity index (χ0) is 23.0. The second-order valence-corrected chi connectivity index (χ2v) is 10.0. The van der Waals surface area contributed by atoms with E-state index < -0.39 is 10.0 Å². The normalized spacial score (nSPS) is 16.3. The molecule has 9 nitrogen and oxygen atoms in total. The van der Waals surface area contributed by atoms with Gasteiger partial charge in [0.1, 0.15) is 0 Å². The molecule has 2 N–H and O–H groups in total. The van der Waals surface area contributed by atoms with Gasteiger partial charge in [0.15, 0.2) is 0 Å². The largest absolute Gasteiger partial charge is 0.379 e. The first-order valence-electron chi connectivity index (χ1n) is 10.3. The van der Waals surface area contributed by atoms with E-state index in [1.54, 1.807) is 42.6 Å². The first kappa shape index (κ1) is 21.8. The number of fused-ring (bicyclic) bond motifs is 3. The Labute approximate surface area is 195 Å². The Hall–Kier alpha value is -3.05. The molecule has 3 heterocycles. The zero-order valence-electron chi connectivity index (χ0n) is 17.4. The molecular formula is C22H20ClN5O4S.